The van der Waals surface area contributed by atoms with E-state index in [1.165, 1.54) is 6.07 Å². The maximum Gasteiger partial charge on any atom is 0.316 e. The third-order valence-corrected chi connectivity index (χ3v) is 6.70. The van der Waals surface area contributed by atoms with Crippen LogP contribution in [0.4, 0.5) is 0 Å². The van der Waals surface area contributed by atoms with Gasteiger partial charge in [-0.1, -0.05) is 43.6 Å². The summed E-state index contributed by atoms with van der Waals surface area (Å²) in [7, 11) is -4.35. The summed E-state index contributed by atoms with van der Waals surface area (Å²) in [5.41, 5.74) is 2.52. The lowest BCUT2D eigenvalue weighted by atomic mass is 9.73. The Bertz CT molecular complexity index is 873. The smallest absolute Gasteiger partial charge is 0.316 e. The Morgan fingerprint density at radius 1 is 1.36 bits per heavy atom. The Kier molecular flexibility index (Phi) is 7.31. The van der Waals surface area contributed by atoms with Crippen molar-refractivity contribution in [1.29, 1.82) is 0 Å². The molecule has 0 aliphatic heterocycles. The van der Waals surface area contributed by atoms with Gasteiger partial charge in [-0.3, -0.25) is 0 Å². The molecule has 0 fully saturated rings. The van der Waals surface area contributed by atoms with E-state index in [1.54, 1.807) is 0 Å². The predicted molar refractivity (Wildman–Crippen MR) is 109 cm³/mol. The predicted octanol–water partition coefficient (Wildman–Crippen LogP) is 4.43. The number of hydrogen-bond donors (Lipinski definition) is 3. The van der Waals surface area contributed by atoms with Crippen molar-refractivity contribution in [3.05, 3.63) is 41.0 Å². The molecule has 6 nitrogen and oxygen atoms in total. The van der Waals surface area contributed by atoms with Gasteiger partial charge >= 0.3 is 10.1 Å². The lowest BCUT2D eigenvalue weighted by Gasteiger charge is -2.32. The molecule has 2 atom stereocenters. The van der Waals surface area contributed by atoms with Crippen molar-refractivity contribution in [2.75, 3.05) is 0 Å². The molecule has 0 saturated heterocycles. The number of nitrogens with two attached hydrogens (primary N) is 1. The molecular weight excluding hydrogens is 378 g/mol. The first-order valence-electron chi connectivity index (χ1n) is 9.67. The van der Waals surface area contributed by atoms with Gasteiger partial charge in [-0.05, 0) is 57.1 Å². The van der Waals surface area contributed by atoms with Crippen molar-refractivity contribution >= 4 is 10.1 Å². The average Bonchev–Trinajstić information content (AvgIpc) is 2.61. The molecule has 0 bridgehead atoms. The molecule has 7 heteroatoms. The van der Waals surface area contributed by atoms with Crippen molar-refractivity contribution in [2.24, 2.45) is 11.8 Å². The van der Waals surface area contributed by atoms with Crippen LogP contribution < -0.4 is 5.90 Å². The monoisotopic (exact) mass is 409 g/mol. The molecular formula is C21H31NO5S. The maximum atomic E-state index is 12.5. The molecule has 0 saturated carbocycles. The summed E-state index contributed by atoms with van der Waals surface area (Å²) in [5, 5.41) is 21.7. The van der Waals surface area contributed by atoms with Crippen LogP contribution in [0, 0.1) is 5.92 Å². The van der Waals surface area contributed by atoms with E-state index in [0.717, 1.165) is 43.3 Å². The Morgan fingerprint density at radius 3 is 2.61 bits per heavy atom. The standard InChI is InChI=1S/C21H31NO5S/c1-5-6-7-8-15-12-18(23)19(20(24)21(15)28(25,26)27-22)17-11-14(4)9-10-16(17)13(2)3/h11-12,16-17,23-24H,2,5-10,22H2,1,3-4H3/t16-,17+/m0/s1. The zero-order valence-electron chi connectivity index (χ0n) is 16.9. The number of allylic oxidation sites excluding steroid dienone is 3. The summed E-state index contributed by atoms with van der Waals surface area (Å²) in [5.74, 6) is 4.01. The van der Waals surface area contributed by atoms with Gasteiger partial charge in [0.25, 0.3) is 0 Å². The van der Waals surface area contributed by atoms with Crippen LogP contribution in [-0.4, -0.2) is 18.6 Å². The van der Waals surface area contributed by atoms with Gasteiger partial charge in [0.05, 0.1) is 0 Å². The van der Waals surface area contributed by atoms with Crippen LogP contribution in [0.2, 0.25) is 0 Å². The van der Waals surface area contributed by atoms with Crippen LogP contribution in [0.25, 0.3) is 0 Å². The molecule has 0 unspecified atom stereocenters. The largest absolute Gasteiger partial charge is 0.507 e. The van der Waals surface area contributed by atoms with E-state index in [0.29, 0.717) is 12.0 Å². The van der Waals surface area contributed by atoms with Gasteiger partial charge in [-0.2, -0.15) is 18.6 Å². The molecule has 0 spiro atoms. The quantitative estimate of drug-likeness (QED) is 0.333. The van der Waals surface area contributed by atoms with Gasteiger partial charge in [0, 0.05) is 11.5 Å². The molecule has 1 aliphatic rings. The van der Waals surface area contributed by atoms with Gasteiger partial charge in [-0.25, -0.2) is 0 Å². The molecule has 0 amide bonds. The summed E-state index contributed by atoms with van der Waals surface area (Å²) in [4.78, 5) is -0.351. The highest BCUT2D eigenvalue weighted by Crippen LogP contribution is 2.49. The number of hydrogen-bond acceptors (Lipinski definition) is 6. The first kappa shape index (κ1) is 22.5. The second-order valence-corrected chi connectivity index (χ2v) is 9.19. The number of aryl methyl sites for hydroxylation is 1. The summed E-state index contributed by atoms with van der Waals surface area (Å²) < 4.78 is 29.2. The molecule has 0 heterocycles. The Labute approximate surface area is 167 Å². The van der Waals surface area contributed by atoms with Gasteiger partial charge in [-0.15, -0.1) is 0 Å². The highest BCUT2D eigenvalue weighted by molar-refractivity contribution is 7.86. The minimum absolute atomic E-state index is 0.0132. The van der Waals surface area contributed by atoms with E-state index < -0.39 is 15.9 Å². The van der Waals surface area contributed by atoms with E-state index in [1.807, 2.05) is 26.8 Å². The summed E-state index contributed by atoms with van der Waals surface area (Å²) in [6, 6.07) is 1.42. The van der Waals surface area contributed by atoms with Crippen molar-refractivity contribution in [3.8, 4) is 11.5 Å². The van der Waals surface area contributed by atoms with Crippen molar-refractivity contribution in [1.82, 2.24) is 0 Å². The van der Waals surface area contributed by atoms with E-state index in [-0.39, 0.29) is 28.0 Å². The first-order valence-corrected chi connectivity index (χ1v) is 11.1. The molecule has 0 radical (unpaired) electrons. The fourth-order valence-electron chi connectivity index (χ4n) is 4.02. The molecule has 1 aromatic rings. The van der Waals surface area contributed by atoms with Crippen LogP contribution in [-0.2, 0) is 20.8 Å². The highest BCUT2D eigenvalue weighted by atomic mass is 32.2. The molecule has 2 rings (SSSR count). The third kappa shape index (κ3) is 4.59. The van der Waals surface area contributed by atoms with Crippen molar-refractivity contribution in [2.45, 2.75) is 70.1 Å². The zero-order valence-corrected chi connectivity index (χ0v) is 17.7. The molecule has 4 N–H and O–H groups in total. The fraction of sp³-hybridized carbons (Fsp3) is 0.524. The number of benzene rings is 1. The Balaban J connectivity index is 2.70. The van der Waals surface area contributed by atoms with Gasteiger partial charge < -0.3 is 10.2 Å². The number of aromatic hydroxyl groups is 2. The molecule has 0 aromatic heterocycles. The second-order valence-electron chi connectivity index (χ2n) is 7.68. The summed E-state index contributed by atoms with van der Waals surface area (Å²) >= 11 is 0. The molecule has 28 heavy (non-hydrogen) atoms. The normalized spacial score (nSPS) is 20.1. The lowest BCUT2D eigenvalue weighted by Crippen LogP contribution is -2.19. The fourth-order valence-corrected chi connectivity index (χ4v) is 4.94. The maximum absolute atomic E-state index is 12.5. The zero-order chi connectivity index (χ0) is 21.1. The third-order valence-electron chi connectivity index (χ3n) is 5.49. The van der Waals surface area contributed by atoms with Crippen LogP contribution in [0.3, 0.4) is 0 Å². The minimum atomic E-state index is -4.35. The van der Waals surface area contributed by atoms with Crippen LogP contribution >= 0.6 is 0 Å². The van der Waals surface area contributed by atoms with E-state index in [4.69, 9.17) is 5.90 Å². The Morgan fingerprint density at radius 2 is 2.04 bits per heavy atom. The SMILES string of the molecule is C=C(C)[C@@H]1CCC(C)=C[C@H]1c1c(O)cc(CCCCC)c(S(=O)(=O)ON)c1O. The molecule has 1 aliphatic carbocycles. The number of phenolic OH excluding ortho intramolecular Hbond substituents is 2. The second kappa shape index (κ2) is 9.11. The van der Waals surface area contributed by atoms with Crippen LogP contribution in [0.15, 0.2) is 34.8 Å². The van der Waals surface area contributed by atoms with Crippen molar-refractivity contribution in [3.63, 3.8) is 0 Å². The lowest BCUT2D eigenvalue weighted by molar-refractivity contribution is 0.327. The van der Waals surface area contributed by atoms with Gasteiger partial charge in [0.1, 0.15) is 16.4 Å². The topological polar surface area (TPSA) is 110 Å². The van der Waals surface area contributed by atoms with E-state index in [9.17, 15) is 18.6 Å². The highest BCUT2D eigenvalue weighted by Gasteiger charge is 2.35. The van der Waals surface area contributed by atoms with Crippen LogP contribution in [0.5, 0.6) is 11.5 Å². The number of phenols is 2. The van der Waals surface area contributed by atoms with E-state index >= 15 is 0 Å². The van der Waals surface area contributed by atoms with Crippen LogP contribution in [0.1, 0.15) is 69.9 Å². The van der Waals surface area contributed by atoms with Gasteiger partial charge in [0.15, 0.2) is 0 Å². The minimum Gasteiger partial charge on any atom is -0.507 e. The van der Waals surface area contributed by atoms with Crippen molar-refractivity contribution < 1.29 is 22.9 Å². The number of unbranched alkanes of at least 4 members (excludes halogenated alkanes) is 2. The van der Waals surface area contributed by atoms with E-state index in [2.05, 4.69) is 10.9 Å². The first-order chi connectivity index (χ1) is 13.1. The molecule has 156 valence electrons. The average molecular weight is 410 g/mol. The summed E-state index contributed by atoms with van der Waals surface area (Å²) in [6.45, 7) is 9.96. The van der Waals surface area contributed by atoms with Gasteiger partial charge in [0.2, 0.25) is 0 Å². The Hall–Kier alpha value is -1.83. The summed E-state index contributed by atoms with van der Waals surface area (Å²) in [6.07, 6.45) is 6.63. The molecule has 1 aromatic carbocycles. The number of rotatable bonds is 8.